The first-order valence-electron chi connectivity index (χ1n) is 7.22. The van der Waals surface area contributed by atoms with Crippen molar-refractivity contribution in [3.05, 3.63) is 42.0 Å². The van der Waals surface area contributed by atoms with Gasteiger partial charge in [-0.1, -0.05) is 64.4 Å². The number of unbranched alkanes of at least 4 members (excludes halogenated alkanes) is 1. The molecule has 1 rings (SSSR count). The second-order valence-corrected chi connectivity index (χ2v) is 11.3. The van der Waals surface area contributed by atoms with E-state index < -0.39 is 8.32 Å². The molecule has 19 heavy (non-hydrogen) atoms. The summed E-state index contributed by atoms with van der Waals surface area (Å²) in [4.78, 5) is 0. The Morgan fingerprint density at radius 3 is 2.21 bits per heavy atom. The van der Waals surface area contributed by atoms with Crippen molar-refractivity contribution in [1.29, 1.82) is 0 Å². The summed E-state index contributed by atoms with van der Waals surface area (Å²) in [7, 11) is -1.77. The van der Waals surface area contributed by atoms with Gasteiger partial charge in [0.25, 0.3) is 0 Å². The summed E-state index contributed by atoms with van der Waals surface area (Å²) in [6.45, 7) is 13.6. The van der Waals surface area contributed by atoms with Gasteiger partial charge in [0.05, 0.1) is 0 Å². The number of hydrogen-bond acceptors (Lipinski definition) is 1. The van der Waals surface area contributed by atoms with Crippen LogP contribution in [0.1, 0.15) is 46.1 Å². The summed E-state index contributed by atoms with van der Waals surface area (Å²) in [6, 6.07) is 10.5. The van der Waals surface area contributed by atoms with E-state index in [1.807, 2.05) is 6.07 Å². The van der Waals surface area contributed by atoms with Gasteiger partial charge in [-0.25, -0.2) is 0 Å². The molecule has 2 heteroatoms. The van der Waals surface area contributed by atoms with Crippen LogP contribution in [0.3, 0.4) is 0 Å². The van der Waals surface area contributed by atoms with Crippen LogP contribution < -0.4 is 0 Å². The predicted molar refractivity (Wildman–Crippen MR) is 87.6 cm³/mol. The molecule has 0 N–H and O–H groups in total. The Morgan fingerprint density at radius 1 is 1.16 bits per heavy atom. The van der Waals surface area contributed by atoms with Crippen molar-refractivity contribution in [1.82, 2.24) is 0 Å². The fraction of sp³-hybridized carbons (Fsp3) is 0.529. The number of hydrogen-bond donors (Lipinski definition) is 0. The molecule has 0 heterocycles. The van der Waals surface area contributed by atoms with E-state index in [0.29, 0.717) is 0 Å². The van der Waals surface area contributed by atoms with Crippen LogP contribution in [0.25, 0.3) is 5.76 Å². The monoisotopic (exact) mass is 276 g/mol. The zero-order chi connectivity index (χ0) is 14.5. The van der Waals surface area contributed by atoms with Gasteiger partial charge >= 0.3 is 0 Å². The van der Waals surface area contributed by atoms with E-state index in [-0.39, 0.29) is 5.04 Å². The smallest absolute Gasteiger partial charge is 0.250 e. The Hall–Kier alpha value is -1.02. The molecule has 106 valence electrons. The summed E-state index contributed by atoms with van der Waals surface area (Å²) in [5.41, 5.74) is 1.20. The van der Waals surface area contributed by atoms with Gasteiger partial charge in [-0.05, 0) is 30.6 Å². The average Bonchev–Trinajstić information content (AvgIpc) is 2.34. The maximum Gasteiger partial charge on any atom is 0.250 e. The van der Waals surface area contributed by atoms with Crippen LogP contribution >= 0.6 is 0 Å². The lowest BCUT2D eigenvalue weighted by molar-refractivity contribution is 0.456. The topological polar surface area (TPSA) is 9.23 Å². The number of benzene rings is 1. The van der Waals surface area contributed by atoms with E-state index in [0.717, 1.165) is 18.6 Å². The van der Waals surface area contributed by atoms with E-state index in [2.05, 4.69) is 71.1 Å². The van der Waals surface area contributed by atoms with Crippen LogP contribution in [-0.4, -0.2) is 8.32 Å². The van der Waals surface area contributed by atoms with Gasteiger partial charge in [-0.3, -0.25) is 0 Å². The van der Waals surface area contributed by atoms with Gasteiger partial charge in [-0.2, -0.15) is 0 Å². The van der Waals surface area contributed by atoms with E-state index >= 15 is 0 Å². The molecule has 0 fully saturated rings. The lowest BCUT2D eigenvalue weighted by Crippen LogP contribution is -2.40. The Kier molecular flexibility index (Phi) is 5.42. The maximum absolute atomic E-state index is 6.49. The maximum atomic E-state index is 6.49. The molecule has 0 aromatic heterocycles. The van der Waals surface area contributed by atoms with Crippen LogP contribution in [0.4, 0.5) is 0 Å². The molecule has 0 radical (unpaired) electrons. The Labute approximate surface area is 119 Å². The lowest BCUT2D eigenvalue weighted by Gasteiger charge is -2.37. The normalized spacial score (nSPS) is 13.5. The van der Waals surface area contributed by atoms with E-state index in [4.69, 9.17) is 4.43 Å². The molecule has 0 saturated carbocycles. The highest BCUT2D eigenvalue weighted by molar-refractivity contribution is 6.74. The molecule has 0 aliphatic carbocycles. The van der Waals surface area contributed by atoms with Crippen molar-refractivity contribution < 1.29 is 4.43 Å². The van der Waals surface area contributed by atoms with Gasteiger partial charge < -0.3 is 4.43 Å². The van der Waals surface area contributed by atoms with Crippen LogP contribution in [0, 0.1) is 0 Å². The summed E-state index contributed by atoms with van der Waals surface area (Å²) >= 11 is 0. The van der Waals surface area contributed by atoms with Crippen LogP contribution in [0.15, 0.2) is 36.4 Å². The molecule has 1 aromatic carbocycles. The van der Waals surface area contributed by atoms with Crippen molar-refractivity contribution in [2.75, 3.05) is 0 Å². The average molecular weight is 276 g/mol. The molecule has 0 unspecified atom stereocenters. The first-order chi connectivity index (χ1) is 8.78. The molecule has 0 atom stereocenters. The van der Waals surface area contributed by atoms with Crippen molar-refractivity contribution in [2.24, 2.45) is 0 Å². The molecular weight excluding hydrogens is 248 g/mol. The molecule has 0 aliphatic rings. The third-order valence-corrected chi connectivity index (χ3v) is 8.19. The largest absolute Gasteiger partial charge is 0.543 e. The number of rotatable bonds is 5. The van der Waals surface area contributed by atoms with E-state index in [1.165, 1.54) is 5.56 Å². The Morgan fingerprint density at radius 2 is 1.74 bits per heavy atom. The summed E-state index contributed by atoms with van der Waals surface area (Å²) in [6.07, 6.45) is 4.46. The quantitative estimate of drug-likeness (QED) is 0.484. The molecule has 0 saturated heterocycles. The second-order valence-electron chi connectivity index (χ2n) is 6.59. The Balaban J connectivity index is 3.01. The first-order valence-corrected chi connectivity index (χ1v) is 10.1. The third kappa shape index (κ3) is 4.54. The SMILES string of the molecule is CCC/C=C(/O[Si](C)(C)C(C)(C)C)c1ccccc1. The molecule has 0 amide bonds. The number of allylic oxidation sites excluding steroid dienone is 1. The van der Waals surface area contributed by atoms with Crippen molar-refractivity contribution >= 4 is 14.1 Å². The molecular formula is C17H28OSi. The minimum absolute atomic E-state index is 0.229. The van der Waals surface area contributed by atoms with Crippen LogP contribution in [0.2, 0.25) is 18.1 Å². The van der Waals surface area contributed by atoms with Gasteiger partial charge in [-0.15, -0.1) is 0 Å². The zero-order valence-electron chi connectivity index (χ0n) is 13.3. The molecule has 1 nitrogen and oxygen atoms in total. The standard InChI is InChI=1S/C17H28OSi/c1-7-8-14-16(15-12-10-9-11-13-15)18-19(5,6)17(2,3)4/h9-14H,7-8H2,1-6H3/b16-14+. The van der Waals surface area contributed by atoms with Crippen LogP contribution in [0.5, 0.6) is 0 Å². The summed E-state index contributed by atoms with van der Waals surface area (Å²) < 4.78 is 6.49. The minimum atomic E-state index is -1.77. The third-order valence-electron chi connectivity index (χ3n) is 3.85. The van der Waals surface area contributed by atoms with Gasteiger partial charge in [0.15, 0.2) is 0 Å². The second kappa shape index (κ2) is 6.42. The molecule has 0 aliphatic heterocycles. The summed E-state index contributed by atoms with van der Waals surface area (Å²) in [5, 5.41) is 0.229. The van der Waals surface area contributed by atoms with Crippen molar-refractivity contribution in [3.8, 4) is 0 Å². The zero-order valence-corrected chi connectivity index (χ0v) is 14.3. The molecule has 0 spiro atoms. The lowest BCUT2D eigenvalue weighted by atomic mass is 10.1. The first kappa shape index (κ1) is 16.0. The fourth-order valence-corrected chi connectivity index (χ4v) is 2.58. The highest BCUT2D eigenvalue weighted by atomic mass is 28.4. The van der Waals surface area contributed by atoms with E-state index in [9.17, 15) is 0 Å². The van der Waals surface area contributed by atoms with Crippen molar-refractivity contribution in [3.63, 3.8) is 0 Å². The molecule has 1 aromatic rings. The summed E-state index contributed by atoms with van der Waals surface area (Å²) in [5.74, 6) is 1.06. The van der Waals surface area contributed by atoms with E-state index in [1.54, 1.807) is 0 Å². The highest BCUT2D eigenvalue weighted by Crippen LogP contribution is 2.39. The fourth-order valence-electron chi connectivity index (χ4n) is 1.52. The predicted octanol–water partition coefficient (Wildman–Crippen LogP) is 5.85. The molecule has 0 bridgehead atoms. The van der Waals surface area contributed by atoms with Gasteiger partial charge in [0, 0.05) is 5.56 Å². The minimum Gasteiger partial charge on any atom is -0.543 e. The van der Waals surface area contributed by atoms with Gasteiger partial charge in [0.1, 0.15) is 5.76 Å². The Bertz CT molecular complexity index is 413. The highest BCUT2D eigenvalue weighted by Gasteiger charge is 2.39. The van der Waals surface area contributed by atoms with Gasteiger partial charge in [0.2, 0.25) is 8.32 Å². The van der Waals surface area contributed by atoms with Crippen LogP contribution in [-0.2, 0) is 4.43 Å². The van der Waals surface area contributed by atoms with Crippen molar-refractivity contribution in [2.45, 2.75) is 58.7 Å².